The molecular weight excluding hydrogens is 519 g/mol. The molecule has 0 radical (unpaired) electrons. The molecule has 0 atom stereocenters. The van der Waals surface area contributed by atoms with Crippen molar-refractivity contribution in [2.24, 2.45) is 5.73 Å². The standard InChI is InChI=1S/C28H30F3N9/c1-17(2)22-15-34-40-25(22)35-27(38-11-9-21(32)10-12-38)36-26(40)33-14-18-5-3-4-6-24(18)39-16-19-7-8-20(28(29,30)31)13-23(19)37-39/h3-8,13,15-17,21H,9-12,14,32H2,1-2H3,(H,33,35,36). The number of hydrogen-bond acceptors (Lipinski definition) is 7. The molecule has 40 heavy (non-hydrogen) atoms. The molecule has 3 N–H and O–H groups in total. The maximum absolute atomic E-state index is 13.2. The number of fused-ring (bicyclic) bond motifs is 2. The topological polar surface area (TPSA) is 102 Å². The van der Waals surface area contributed by atoms with Crippen LogP contribution in [0, 0.1) is 0 Å². The van der Waals surface area contributed by atoms with Crippen molar-refractivity contribution >= 4 is 28.4 Å². The van der Waals surface area contributed by atoms with Crippen LogP contribution in [-0.4, -0.2) is 48.5 Å². The number of aromatic nitrogens is 6. The highest BCUT2D eigenvalue weighted by Crippen LogP contribution is 2.32. The third-order valence-corrected chi connectivity index (χ3v) is 7.34. The van der Waals surface area contributed by atoms with Crippen molar-refractivity contribution in [2.45, 2.75) is 51.4 Å². The lowest BCUT2D eigenvalue weighted by atomic mass is 10.1. The highest BCUT2D eigenvalue weighted by molar-refractivity contribution is 5.79. The van der Waals surface area contributed by atoms with E-state index in [0.29, 0.717) is 23.8 Å². The monoisotopic (exact) mass is 549 g/mol. The summed E-state index contributed by atoms with van der Waals surface area (Å²) in [5.41, 5.74) is 9.09. The van der Waals surface area contributed by atoms with Crippen molar-refractivity contribution in [3.63, 3.8) is 0 Å². The second kappa shape index (κ2) is 10.1. The molecule has 1 aliphatic rings. The third kappa shape index (κ3) is 4.94. The maximum atomic E-state index is 13.2. The summed E-state index contributed by atoms with van der Waals surface area (Å²) in [6.07, 6.45) is 0.893. The van der Waals surface area contributed by atoms with E-state index in [-0.39, 0.29) is 17.5 Å². The SMILES string of the molecule is CC(C)c1cnn2c(NCc3ccccc3-n3cc4ccc(C(F)(F)F)cc4n3)nc(N3CCC(N)CC3)nc12. The molecule has 1 fully saturated rings. The van der Waals surface area contributed by atoms with Crippen molar-refractivity contribution in [3.8, 4) is 5.69 Å². The molecule has 12 heteroatoms. The average Bonchev–Trinajstić information content (AvgIpc) is 3.56. The number of nitrogens with two attached hydrogens (primary N) is 1. The van der Waals surface area contributed by atoms with E-state index in [1.807, 2.05) is 30.5 Å². The number of benzene rings is 2. The average molecular weight is 550 g/mol. The molecule has 208 valence electrons. The maximum Gasteiger partial charge on any atom is 0.416 e. The number of rotatable bonds is 6. The molecule has 0 bridgehead atoms. The quantitative estimate of drug-likeness (QED) is 0.302. The van der Waals surface area contributed by atoms with Gasteiger partial charge in [-0.15, -0.1) is 0 Å². The smallest absolute Gasteiger partial charge is 0.350 e. The van der Waals surface area contributed by atoms with Gasteiger partial charge in [0.25, 0.3) is 0 Å². The summed E-state index contributed by atoms with van der Waals surface area (Å²) < 4.78 is 43.0. The van der Waals surface area contributed by atoms with Crippen LogP contribution in [0.15, 0.2) is 54.9 Å². The number of anilines is 2. The van der Waals surface area contributed by atoms with E-state index >= 15 is 0 Å². The minimum atomic E-state index is -4.43. The number of alkyl halides is 3. The zero-order chi connectivity index (χ0) is 28.0. The van der Waals surface area contributed by atoms with Crippen molar-refractivity contribution in [1.29, 1.82) is 0 Å². The molecule has 5 aromatic rings. The van der Waals surface area contributed by atoms with Gasteiger partial charge in [0.2, 0.25) is 11.9 Å². The lowest BCUT2D eigenvalue weighted by Crippen LogP contribution is -2.40. The van der Waals surface area contributed by atoms with E-state index in [0.717, 1.165) is 60.5 Å². The van der Waals surface area contributed by atoms with Gasteiger partial charge in [-0.2, -0.15) is 37.9 Å². The van der Waals surface area contributed by atoms with Crippen LogP contribution in [0.2, 0.25) is 0 Å². The first-order valence-corrected chi connectivity index (χ1v) is 13.3. The fraction of sp³-hybridized carbons (Fsp3) is 0.357. The molecule has 9 nitrogen and oxygen atoms in total. The normalized spacial score (nSPS) is 15.0. The van der Waals surface area contributed by atoms with Crippen molar-refractivity contribution in [3.05, 3.63) is 71.5 Å². The number of hydrogen-bond donors (Lipinski definition) is 2. The molecule has 4 heterocycles. The number of nitrogens with one attached hydrogen (secondary N) is 1. The van der Waals surface area contributed by atoms with Gasteiger partial charge < -0.3 is 16.0 Å². The molecule has 1 saturated heterocycles. The summed E-state index contributed by atoms with van der Waals surface area (Å²) in [5, 5.41) is 13.1. The minimum Gasteiger partial charge on any atom is -0.350 e. The van der Waals surface area contributed by atoms with Crippen molar-refractivity contribution in [1.82, 2.24) is 29.4 Å². The minimum absolute atomic E-state index is 0.189. The van der Waals surface area contributed by atoms with E-state index < -0.39 is 11.7 Å². The Hall–Kier alpha value is -4.19. The predicted octanol–water partition coefficient (Wildman–Crippen LogP) is 5.15. The number of para-hydroxylation sites is 1. The summed E-state index contributed by atoms with van der Waals surface area (Å²) in [6, 6.07) is 11.4. The van der Waals surface area contributed by atoms with Gasteiger partial charge in [-0.1, -0.05) is 38.1 Å². The lowest BCUT2D eigenvalue weighted by Gasteiger charge is -2.30. The summed E-state index contributed by atoms with van der Waals surface area (Å²) in [6.45, 7) is 6.16. The fourth-order valence-electron chi connectivity index (χ4n) is 5.02. The Balaban J connectivity index is 1.33. The number of nitrogens with zero attached hydrogens (tertiary/aromatic N) is 7. The van der Waals surface area contributed by atoms with Crippen LogP contribution in [0.4, 0.5) is 25.1 Å². The molecule has 0 amide bonds. The molecule has 0 aliphatic carbocycles. The van der Waals surface area contributed by atoms with Crippen molar-refractivity contribution in [2.75, 3.05) is 23.3 Å². The Labute approximate surface area is 228 Å². The van der Waals surface area contributed by atoms with Crippen LogP contribution in [0.1, 0.15) is 49.3 Å². The highest BCUT2D eigenvalue weighted by atomic mass is 19.4. The summed E-state index contributed by atoms with van der Waals surface area (Å²) in [4.78, 5) is 11.9. The van der Waals surface area contributed by atoms with Gasteiger partial charge in [0.15, 0.2) is 5.65 Å². The third-order valence-electron chi connectivity index (χ3n) is 7.34. The lowest BCUT2D eigenvalue weighted by molar-refractivity contribution is -0.137. The molecule has 0 saturated carbocycles. The fourth-order valence-corrected chi connectivity index (χ4v) is 5.02. The van der Waals surface area contributed by atoms with Gasteiger partial charge in [0.1, 0.15) is 0 Å². The second-order valence-corrected chi connectivity index (χ2v) is 10.5. The van der Waals surface area contributed by atoms with Crippen LogP contribution >= 0.6 is 0 Å². The van der Waals surface area contributed by atoms with E-state index in [2.05, 4.69) is 34.3 Å². The zero-order valence-corrected chi connectivity index (χ0v) is 22.2. The van der Waals surface area contributed by atoms with E-state index in [1.165, 1.54) is 6.07 Å². The van der Waals surface area contributed by atoms with Gasteiger partial charge in [-0.25, -0.2) is 4.68 Å². The highest BCUT2D eigenvalue weighted by Gasteiger charge is 2.31. The van der Waals surface area contributed by atoms with Gasteiger partial charge >= 0.3 is 6.18 Å². The first-order valence-electron chi connectivity index (χ1n) is 13.3. The molecule has 1 aliphatic heterocycles. The zero-order valence-electron chi connectivity index (χ0n) is 22.2. The largest absolute Gasteiger partial charge is 0.416 e. The second-order valence-electron chi connectivity index (χ2n) is 10.5. The van der Waals surface area contributed by atoms with Gasteiger partial charge in [0, 0.05) is 42.8 Å². The number of halogens is 3. The molecule has 3 aromatic heterocycles. The Kier molecular flexibility index (Phi) is 6.57. The summed E-state index contributed by atoms with van der Waals surface area (Å²) >= 11 is 0. The van der Waals surface area contributed by atoms with E-state index in [4.69, 9.17) is 15.7 Å². The van der Waals surface area contributed by atoms with Gasteiger partial charge in [-0.05, 0) is 42.5 Å². The summed E-state index contributed by atoms with van der Waals surface area (Å²) in [5.74, 6) is 1.42. The van der Waals surface area contributed by atoms with Crippen molar-refractivity contribution < 1.29 is 13.2 Å². The van der Waals surface area contributed by atoms with Crippen LogP contribution in [0.5, 0.6) is 0 Å². The van der Waals surface area contributed by atoms with Gasteiger partial charge in [0.05, 0.1) is 23.0 Å². The van der Waals surface area contributed by atoms with Crippen LogP contribution in [-0.2, 0) is 12.7 Å². The molecule has 2 aromatic carbocycles. The van der Waals surface area contributed by atoms with Gasteiger partial charge in [-0.3, -0.25) is 0 Å². The first-order chi connectivity index (χ1) is 19.2. The van der Waals surface area contributed by atoms with E-state index in [9.17, 15) is 13.2 Å². The number of piperidine rings is 1. The summed E-state index contributed by atoms with van der Waals surface area (Å²) in [7, 11) is 0. The van der Waals surface area contributed by atoms with E-state index in [1.54, 1.807) is 15.4 Å². The Morgan fingerprint density at radius 3 is 2.60 bits per heavy atom. The molecule has 0 spiro atoms. The predicted molar refractivity (Wildman–Crippen MR) is 148 cm³/mol. The Morgan fingerprint density at radius 1 is 1.07 bits per heavy atom. The Morgan fingerprint density at radius 2 is 1.85 bits per heavy atom. The van der Waals surface area contributed by atoms with Crippen LogP contribution in [0.3, 0.4) is 0 Å². The molecule has 0 unspecified atom stereocenters. The van der Waals surface area contributed by atoms with Crippen LogP contribution in [0.25, 0.3) is 22.2 Å². The first kappa shape index (κ1) is 26.1. The molecule has 6 rings (SSSR count). The molecular formula is C28H30F3N9. The Bertz CT molecular complexity index is 1660. The van der Waals surface area contributed by atoms with Crippen LogP contribution < -0.4 is 16.0 Å².